The number of pyridine rings is 2. The first-order chi connectivity index (χ1) is 7.31. The molecular weight excluding hydrogens is 188 g/mol. The average molecular weight is 202 g/mol. The van der Waals surface area contributed by atoms with Crippen molar-refractivity contribution < 1.29 is 5.11 Å². The summed E-state index contributed by atoms with van der Waals surface area (Å²) in [5.41, 5.74) is 2.85. The topological polar surface area (TPSA) is 46.0 Å². The fourth-order valence-corrected chi connectivity index (χ4v) is 1.59. The van der Waals surface area contributed by atoms with Gasteiger partial charge in [-0.1, -0.05) is 6.92 Å². The number of aromatic nitrogens is 2. The summed E-state index contributed by atoms with van der Waals surface area (Å²) in [6, 6.07) is 7.80. The predicted molar refractivity (Wildman–Crippen MR) is 59.7 cm³/mol. The molecule has 0 aliphatic carbocycles. The average Bonchev–Trinajstić information content (AvgIpc) is 2.29. The largest absolute Gasteiger partial charge is 0.396 e. The molecule has 0 aromatic carbocycles. The van der Waals surface area contributed by atoms with Crippen molar-refractivity contribution in [2.24, 2.45) is 0 Å². The maximum absolute atomic E-state index is 8.87. The van der Waals surface area contributed by atoms with E-state index in [1.165, 1.54) is 0 Å². The molecule has 2 heterocycles. The molecule has 0 fully saturated rings. The van der Waals surface area contributed by atoms with Crippen LogP contribution in [0.4, 0.5) is 0 Å². The van der Waals surface area contributed by atoms with Crippen LogP contribution < -0.4 is 0 Å². The number of nitrogens with zero attached hydrogens (tertiary/aromatic N) is 2. The van der Waals surface area contributed by atoms with Crippen molar-refractivity contribution in [3.05, 3.63) is 36.2 Å². The summed E-state index contributed by atoms with van der Waals surface area (Å²) in [7, 11) is 0. The minimum absolute atomic E-state index is 0.202. The number of fused-ring (bicyclic) bond motifs is 1. The van der Waals surface area contributed by atoms with Gasteiger partial charge in [0, 0.05) is 24.4 Å². The molecule has 2 aromatic heterocycles. The number of hydrogen-bond acceptors (Lipinski definition) is 3. The lowest BCUT2D eigenvalue weighted by Gasteiger charge is -2.09. The van der Waals surface area contributed by atoms with Crippen LogP contribution in [0.25, 0.3) is 11.0 Å². The van der Waals surface area contributed by atoms with Gasteiger partial charge in [0.15, 0.2) is 0 Å². The van der Waals surface area contributed by atoms with Gasteiger partial charge in [0.1, 0.15) is 0 Å². The van der Waals surface area contributed by atoms with Crippen molar-refractivity contribution in [1.29, 1.82) is 0 Å². The van der Waals surface area contributed by atoms with E-state index in [1.807, 2.05) is 24.3 Å². The molecule has 0 radical (unpaired) electrons. The van der Waals surface area contributed by atoms with Crippen LogP contribution in [-0.2, 0) is 0 Å². The molecule has 0 amide bonds. The van der Waals surface area contributed by atoms with Gasteiger partial charge in [0.25, 0.3) is 0 Å². The minimum atomic E-state index is 0.202. The van der Waals surface area contributed by atoms with E-state index in [0.717, 1.165) is 23.1 Å². The van der Waals surface area contributed by atoms with Gasteiger partial charge in [-0.05, 0) is 30.7 Å². The third-order valence-electron chi connectivity index (χ3n) is 2.54. The van der Waals surface area contributed by atoms with Crippen LogP contribution in [0.5, 0.6) is 0 Å². The highest BCUT2D eigenvalue weighted by molar-refractivity contribution is 5.73. The molecule has 1 atom stereocenters. The molecular formula is C12H14N2O. The van der Waals surface area contributed by atoms with Crippen molar-refractivity contribution >= 4 is 11.0 Å². The molecule has 3 heteroatoms. The monoisotopic (exact) mass is 202 g/mol. The van der Waals surface area contributed by atoms with Crippen molar-refractivity contribution in [3.8, 4) is 0 Å². The van der Waals surface area contributed by atoms with Gasteiger partial charge in [-0.15, -0.1) is 0 Å². The van der Waals surface area contributed by atoms with Gasteiger partial charge in [-0.2, -0.15) is 0 Å². The van der Waals surface area contributed by atoms with Crippen LogP contribution >= 0.6 is 0 Å². The highest BCUT2D eigenvalue weighted by Gasteiger charge is 2.06. The zero-order chi connectivity index (χ0) is 10.7. The summed E-state index contributed by atoms with van der Waals surface area (Å²) in [5, 5.41) is 8.87. The van der Waals surface area contributed by atoms with E-state index in [1.54, 1.807) is 6.20 Å². The number of aliphatic hydroxyl groups is 1. The molecule has 2 aromatic rings. The van der Waals surface area contributed by atoms with E-state index in [9.17, 15) is 0 Å². The van der Waals surface area contributed by atoms with Crippen LogP contribution in [-0.4, -0.2) is 21.7 Å². The maximum atomic E-state index is 8.87. The first-order valence-electron chi connectivity index (χ1n) is 5.14. The van der Waals surface area contributed by atoms with Gasteiger partial charge in [0.2, 0.25) is 0 Å². The normalized spacial score (nSPS) is 12.9. The maximum Gasteiger partial charge on any atom is 0.0890 e. The Kier molecular flexibility index (Phi) is 2.92. The summed E-state index contributed by atoms with van der Waals surface area (Å²) in [5.74, 6) is 0.291. The third kappa shape index (κ3) is 2.13. The quantitative estimate of drug-likeness (QED) is 0.829. The molecule has 3 nitrogen and oxygen atoms in total. The molecule has 0 spiro atoms. The van der Waals surface area contributed by atoms with E-state index in [2.05, 4.69) is 16.9 Å². The van der Waals surface area contributed by atoms with Gasteiger partial charge < -0.3 is 5.11 Å². The Bertz CT molecular complexity index is 456. The minimum Gasteiger partial charge on any atom is -0.396 e. The highest BCUT2D eigenvalue weighted by atomic mass is 16.3. The van der Waals surface area contributed by atoms with Gasteiger partial charge in [0.05, 0.1) is 11.0 Å². The zero-order valence-electron chi connectivity index (χ0n) is 8.72. The molecule has 0 bridgehead atoms. The van der Waals surface area contributed by atoms with E-state index >= 15 is 0 Å². The Hall–Kier alpha value is -1.48. The second-order valence-corrected chi connectivity index (χ2v) is 3.69. The number of hydrogen-bond donors (Lipinski definition) is 1. The molecule has 1 unspecified atom stereocenters. The fraction of sp³-hybridized carbons (Fsp3) is 0.333. The van der Waals surface area contributed by atoms with E-state index in [4.69, 9.17) is 5.11 Å². The van der Waals surface area contributed by atoms with Crippen LogP contribution in [0.1, 0.15) is 25.0 Å². The zero-order valence-corrected chi connectivity index (χ0v) is 8.72. The summed E-state index contributed by atoms with van der Waals surface area (Å²) in [6.45, 7) is 2.27. The second-order valence-electron chi connectivity index (χ2n) is 3.69. The van der Waals surface area contributed by atoms with E-state index in [0.29, 0.717) is 5.92 Å². The number of aliphatic hydroxyl groups excluding tert-OH is 1. The number of rotatable bonds is 3. The van der Waals surface area contributed by atoms with Gasteiger partial charge in [-0.25, -0.2) is 0 Å². The van der Waals surface area contributed by atoms with E-state index in [-0.39, 0.29) is 6.61 Å². The Morgan fingerprint density at radius 2 is 2.13 bits per heavy atom. The molecule has 0 saturated carbocycles. The molecule has 1 N–H and O–H groups in total. The third-order valence-corrected chi connectivity index (χ3v) is 2.54. The predicted octanol–water partition coefficient (Wildman–Crippen LogP) is 2.12. The van der Waals surface area contributed by atoms with Gasteiger partial charge >= 0.3 is 0 Å². The van der Waals surface area contributed by atoms with Crippen LogP contribution in [0, 0.1) is 0 Å². The lowest BCUT2D eigenvalue weighted by atomic mass is 10.0. The second kappa shape index (κ2) is 4.36. The molecule has 0 aliphatic heterocycles. The fourth-order valence-electron chi connectivity index (χ4n) is 1.59. The summed E-state index contributed by atoms with van der Waals surface area (Å²) >= 11 is 0. The lowest BCUT2D eigenvalue weighted by molar-refractivity contribution is 0.278. The van der Waals surface area contributed by atoms with Crippen LogP contribution in [0.2, 0.25) is 0 Å². The highest BCUT2D eigenvalue weighted by Crippen LogP contribution is 2.18. The van der Waals surface area contributed by atoms with Crippen LogP contribution in [0.3, 0.4) is 0 Å². The van der Waals surface area contributed by atoms with Crippen molar-refractivity contribution in [3.63, 3.8) is 0 Å². The van der Waals surface area contributed by atoms with Crippen molar-refractivity contribution in [2.45, 2.75) is 19.3 Å². The summed E-state index contributed by atoms with van der Waals surface area (Å²) < 4.78 is 0. The molecule has 0 aliphatic rings. The summed E-state index contributed by atoms with van der Waals surface area (Å²) in [6.07, 6.45) is 2.51. The molecule has 0 saturated heterocycles. The SMILES string of the molecule is CC(CCO)c1ccc2ncccc2n1. The Labute approximate surface area is 88.8 Å². The molecule has 15 heavy (non-hydrogen) atoms. The first-order valence-corrected chi connectivity index (χ1v) is 5.14. The first kappa shape index (κ1) is 10.1. The standard InChI is InChI=1S/C12H14N2O/c1-9(6-8-15)10-4-5-11-12(14-10)3-2-7-13-11/h2-5,7,9,15H,6,8H2,1H3. The lowest BCUT2D eigenvalue weighted by Crippen LogP contribution is -2.00. The Morgan fingerprint density at radius 1 is 1.27 bits per heavy atom. The van der Waals surface area contributed by atoms with Gasteiger partial charge in [-0.3, -0.25) is 9.97 Å². The van der Waals surface area contributed by atoms with Crippen molar-refractivity contribution in [2.75, 3.05) is 6.61 Å². The Morgan fingerprint density at radius 3 is 2.93 bits per heavy atom. The molecule has 78 valence electrons. The van der Waals surface area contributed by atoms with E-state index < -0.39 is 0 Å². The molecule has 2 rings (SSSR count). The Balaban J connectivity index is 2.38. The van der Waals surface area contributed by atoms with Crippen molar-refractivity contribution in [1.82, 2.24) is 9.97 Å². The van der Waals surface area contributed by atoms with Crippen LogP contribution in [0.15, 0.2) is 30.5 Å². The summed E-state index contributed by atoms with van der Waals surface area (Å²) in [4.78, 5) is 8.74. The smallest absolute Gasteiger partial charge is 0.0890 e.